The maximum atomic E-state index is 13.0. The zero-order valence-electron chi connectivity index (χ0n) is 16.1. The molecule has 4 aromatic rings. The highest BCUT2D eigenvalue weighted by atomic mass is 16.1. The molecule has 1 aliphatic heterocycles. The number of benzene rings is 1. The molecule has 0 bridgehead atoms. The SMILES string of the molecule is Cc1cn2nc(-c3ccc4c(=O)n(C5CCNCC5)ccc4c3)cc(C)c2n1. The molecule has 28 heavy (non-hydrogen) atoms. The van der Waals surface area contributed by atoms with E-state index in [1.807, 2.05) is 47.5 Å². The van der Waals surface area contributed by atoms with E-state index in [1.54, 1.807) is 0 Å². The van der Waals surface area contributed by atoms with Crippen molar-refractivity contribution in [1.29, 1.82) is 0 Å². The Morgan fingerprint density at radius 3 is 2.75 bits per heavy atom. The van der Waals surface area contributed by atoms with Gasteiger partial charge in [0.1, 0.15) is 0 Å². The minimum atomic E-state index is 0.0979. The topological polar surface area (TPSA) is 64.2 Å². The molecule has 1 fully saturated rings. The molecule has 1 N–H and O–H groups in total. The Bertz CT molecular complexity index is 1250. The second kappa shape index (κ2) is 6.56. The van der Waals surface area contributed by atoms with Gasteiger partial charge in [-0.2, -0.15) is 5.10 Å². The van der Waals surface area contributed by atoms with E-state index in [0.717, 1.165) is 64.9 Å². The number of piperidine rings is 1. The van der Waals surface area contributed by atoms with Crippen LogP contribution in [0.15, 0.2) is 47.5 Å². The summed E-state index contributed by atoms with van der Waals surface area (Å²) in [4.78, 5) is 17.5. The molecule has 6 heteroatoms. The Morgan fingerprint density at radius 1 is 1.11 bits per heavy atom. The van der Waals surface area contributed by atoms with Gasteiger partial charge in [-0.1, -0.05) is 6.07 Å². The van der Waals surface area contributed by atoms with E-state index >= 15 is 0 Å². The highest BCUT2D eigenvalue weighted by Crippen LogP contribution is 2.25. The highest BCUT2D eigenvalue weighted by Gasteiger charge is 2.17. The lowest BCUT2D eigenvalue weighted by Gasteiger charge is -2.25. The first-order valence-electron chi connectivity index (χ1n) is 9.80. The molecule has 1 aromatic carbocycles. The van der Waals surface area contributed by atoms with Crippen molar-refractivity contribution >= 4 is 16.4 Å². The van der Waals surface area contributed by atoms with Gasteiger partial charge in [0, 0.05) is 23.2 Å². The van der Waals surface area contributed by atoms with Crippen LogP contribution < -0.4 is 10.9 Å². The Kier molecular flexibility index (Phi) is 4.02. The maximum Gasteiger partial charge on any atom is 0.258 e. The van der Waals surface area contributed by atoms with Crippen molar-refractivity contribution < 1.29 is 0 Å². The van der Waals surface area contributed by atoms with E-state index in [-0.39, 0.29) is 11.6 Å². The van der Waals surface area contributed by atoms with E-state index in [0.29, 0.717) is 0 Å². The van der Waals surface area contributed by atoms with Gasteiger partial charge in [0.25, 0.3) is 5.56 Å². The fraction of sp³-hybridized carbons (Fsp3) is 0.318. The monoisotopic (exact) mass is 373 g/mol. The first-order valence-corrected chi connectivity index (χ1v) is 9.80. The van der Waals surface area contributed by atoms with Crippen LogP contribution in [0.5, 0.6) is 0 Å². The van der Waals surface area contributed by atoms with Gasteiger partial charge >= 0.3 is 0 Å². The number of aromatic nitrogens is 4. The van der Waals surface area contributed by atoms with E-state index in [9.17, 15) is 4.79 Å². The average Bonchev–Trinajstić information content (AvgIpc) is 3.09. The third-order valence-corrected chi connectivity index (χ3v) is 5.66. The molecule has 0 saturated carbocycles. The van der Waals surface area contributed by atoms with Crippen molar-refractivity contribution in [3.05, 3.63) is 64.3 Å². The molecule has 0 radical (unpaired) electrons. The van der Waals surface area contributed by atoms with Crippen LogP contribution in [0, 0.1) is 13.8 Å². The van der Waals surface area contributed by atoms with Gasteiger partial charge in [0.05, 0.1) is 17.6 Å². The third-order valence-electron chi connectivity index (χ3n) is 5.66. The normalized spacial score (nSPS) is 15.5. The minimum absolute atomic E-state index is 0.0979. The summed E-state index contributed by atoms with van der Waals surface area (Å²) in [6, 6.07) is 10.4. The lowest BCUT2D eigenvalue weighted by atomic mass is 10.0. The van der Waals surface area contributed by atoms with E-state index in [1.165, 1.54) is 0 Å². The second-order valence-electron chi connectivity index (χ2n) is 7.67. The molecule has 1 saturated heterocycles. The van der Waals surface area contributed by atoms with E-state index in [2.05, 4.69) is 28.5 Å². The number of hydrogen-bond acceptors (Lipinski definition) is 4. The molecule has 0 amide bonds. The number of imidazole rings is 1. The quantitative estimate of drug-likeness (QED) is 0.586. The van der Waals surface area contributed by atoms with Gasteiger partial charge in [-0.15, -0.1) is 0 Å². The Labute approximate surface area is 162 Å². The Hall–Kier alpha value is -2.99. The zero-order valence-corrected chi connectivity index (χ0v) is 16.1. The molecule has 4 heterocycles. The molecule has 0 spiro atoms. The number of rotatable bonds is 2. The van der Waals surface area contributed by atoms with Crippen molar-refractivity contribution in [1.82, 2.24) is 24.5 Å². The number of nitrogens with one attached hydrogen (secondary N) is 1. The summed E-state index contributed by atoms with van der Waals surface area (Å²) in [6.45, 7) is 5.95. The van der Waals surface area contributed by atoms with Crippen LogP contribution in [0.3, 0.4) is 0 Å². The largest absolute Gasteiger partial charge is 0.317 e. The predicted octanol–water partition coefficient (Wildman–Crippen LogP) is 3.25. The van der Waals surface area contributed by atoms with Crippen LogP contribution in [-0.4, -0.2) is 32.3 Å². The maximum absolute atomic E-state index is 13.0. The summed E-state index contributed by atoms with van der Waals surface area (Å²) >= 11 is 0. The summed E-state index contributed by atoms with van der Waals surface area (Å²) in [5, 5.41) is 9.79. The molecule has 3 aromatic heterocycles. The second-order valence-corrected chi connectivity index (χ2v) is 7.67. The molecule has 6 nitrogen and oxygen atoms in total. The van der Waals surface area contributed by atoms with E-state index < -0.39 is 0 Å². The predicted molar refractivity (Wildman–Crippen MR) is 111 cm³/mol. The van der Waals surface area contributed by atoms with Gasteiger partial charge in [-0.3, -0.25) is 4.79 Å². The molecule has 142 valence electrons. The third kappa shape index (κ3) is 2.81. The van der Waals surface area contributed by atoms with Crippen molar-refractivity contribution in [2.24, 2.45) is 0 Å². The zero-order chi connectivity index (χ0) is 19.3. The van der Waals surface area contributed by atoms with Crippen LogP contribution in [-0.2, 0) is 0 Å². The molecule has 5 rings (SSSR count). The summed E-state index contributed by atoms with van der Waals surface area (Å²) in [7, 11) is 0. The van der Waals surface area contributed by atoms with E-state index in [4.69, 9.17) is 5.10 Å². The van der Waals surface area contributed by atoms with Gasteiger partial charge in [-0.05, 0) is 75.0 Å². The lowest BCUT2D eigenvalue weighted by molar-refractivity contribution is 0.362. The van der Waals surface area contributed by atoms with Gasteiger partial charge in [-0.25, -0.2) is 9.50 Å². The van der Waals surface area contributed by atoms with Gasteiger partial charge < -0.3 is 9.88 Å². The molecular formula is C22H23N5O. The lowest BCUT2D eigenvalue weighted by Crippen LogP contribution is -2.34. The number of pyridine rings is 1. The number of hydrogen-bond donors (Lipinski definition) is 1. The average molecular weight is 373 g/mol. The fourth-order valence-corrected chi connectivity index (χ4v) is 4.18. The highest BCUT2D eigenvalue weighted by molar-refractivity contribution is 5.86. The Balaban J connectivity index is 1.59. The van der Waals surface area contributed by atoms with Crippen LogP contribution in [0.2, 0.25) is 0 Å². The Morgan fingerprint density at radius 2 is 1.93 bits per heavy atom. The molecule has 1 aliphatic rings. The summed E-state index contributed by atoms with van der Waals surface area (Å²) in [5.74, 6) is 0. The molecule has 0 unspecified atom stereocenters. The van der Waals surface area contributed by atoms with Crippen LogP contribution in [0.1, 0.15) is 30.1 Å². The summed E-state index contributed by atoms with van der Waals surface area (Å²) in [5.41, 5.74) is 4.90. The van der Waals surface area contributed by atoms with Crippen molar-refractivity contribution in [2.45, 2.75) is 32.7 Å². The summed E-state index contributed by atoms with van der Waals surface area (Å²) < 4.78 is 3.74. The first kappa shape index (κ1) is 17.1. The van der Waals surface area contributed by atoms with Gasteiger partial charge in [0.2, 0.25) is 0 Å². The van der Waals surface area contributed by atoms with Crippen molar-refractivity contribution in [3.8, 4) is 11.3 Å². The van der Waals surface area contributed by atoms with Gasteiger partial charge in [0.15, 0.2) is 5.65 Å². The number of fused-ring (bicyclic) bond motifs is 2. The summed E-state index contributed by atoms with van der Waals surface area (Å²) in [6.07, 6.45) is 5.88. The standard InChI is InChI=1S/C22H23N5O/c1-14-11-20(25-27-13-15(2)24-21(14)27)17-3-4-19-16(12-17)7-10-26(22(19)28)18-5-8-23-9-6-18/h3-4,7,10-13,18,23H,5-6,8-9H2,1-2H3. The van der Waals surface area contributed by atoms with Crippen LogP contribution >= 0.6 is 0 Å². The van der Waals surface area contributed by atoms with Crippen molar-refractivity contribution in [3.63, 3.8) is 0 Å². The molecule has 0 aliphatic carbocycles. The van der Waals surface area contributed by atoms with Crippen LogP contribution in [0.25, 0.3) is 27.7 Å². The minimum Gasteiger partial charge on any atom is -0.317 e. The fourth-order valence-electron chi connectivity index (χ4n) is 4.18. The smallest absolute Gasteiger partial charge is 0.258 e. The molecule has 0 atom stereocenters. The number of nitrogens with zero attached hydrogens (tertiary/aromatic N) is 4. The van der Waals surface area contributed by atoms with Crippen molar-refractivity contribution in [2.75, 3.05) is 13.1 Å². The first-order chi connectivity index (χ1) is 13.6. The van der Waals surface area contributed by atoms with Crippen LogP contribution in [0.4, 0.5) is 0 Å². The molecular weight excluding hydrogens is 350 g/mol. The number of aryl methyl sites for hydroxylation is 2.